The molecule has 2 N–H and O–H groups in total. The van der Waals surface area contributed by atoms with Crippen LogP contribution in [0, 0.1) is 0 Å². The van der Waals surface area contributed by atoms with E-state index in [2.05, 4.69) is 9.98 Å². The fourth-order valence-corrected chi connectivity index (χ4v) is 4.43. The Balaban J connectivity index is 0.000000161. The number of hydrogen-bond donors (Lipinski definition) is 2. The van der Waals surface area contributed by atoms with E-state index in [0.29, 0.717) is 11.8 Å². The maximum Gasteiger partial charge on any atom is 0.347 e. The van der Waals surface area contributed by atoms with Crippen LogP contribution in [-0.2, 0) is 19.1 Å². The number of carbonyl (C=O) groups is 2. The summed E-state index contributed by atoms with van der Waals surface area (Å²) >= 11 is 0. The molecule has 0 saturated heterocycles. The van der Waals surface area contributed by atoms with Gasteiger partial charge in [0, 0.05) is 11.1 Å². The van der Waals surface area contributed by atoms with Gasteiger partial charge in [0.1, 0.15) is 12.1 Å². The Kier molecular flexibility index (Phi) is 7.97. The van der Waals surface area contributed by atoms with Crippen LogP contribution >= 0.6 is 0 Å². The molecule has 0 spiro atoms. The number of benzene rings is 4. The first-order chi connectivity index (χ1) is 19.5. The summed E-state index contributed by atoms with van der Waals surface area (Å²) in [6.45, 7) is 0. The number of rotatable bonds is 6. The third kappa shape index (κ3) is 5.91. The van der Waals surface area contributed by atoms with Gasteiger partial charge in [0.2, 0.25) is 24.0 Å². The molecular weight excluding hydrogens is 508 g/mol. The summed E-state index contributed by atoms with van der Waals surface area (Å²) in [5.41, 5.74) is 3.26. The van der Waals surface area contributed by atoms with Gasteiger partial charge in [0.15, 0.2) is 0 Å². The minimum Gasteiger partial charge on any atom is -0.478 e. The summed E-state index contributed by atoms with van der Waals surface area (Å²) in [7, 11) is 0. The lowest BCUT2D eigenvalue weighted by Crippen LogP contribution is -2.26. The maximum atomic E-state index is 11.4. The number of aliphatic carboxylic acids is 2. The first kappa shape index (κ1) is 26.4. The van der Waals surface area contributed by atoms with Crippen LogP contribution in [0.2, 0.25) is 0 Å². The molecule has 0 aromatic heterocycles. The van der Waals surface area contributed by atoms with Crippen molar-refractivity contribution >= 4 is 23.7 Å². The minimum atomic E-state index is -1.01. The number of hydrogen-bond acceptors (Lipinski definition) is 6. The fraction of sp³-hybridized carbons (Fsp3) is 0.125. The zero-order chi connectivity index (χ0) is 27.9. The Labute approximate surface area is 230 Å². The van der Waals surface area contributed by atoms with Gasteiger partial charge in [0.25, 0.3) is 0 Å². The average Bonchev–Trinajstić information content (AvgIpc) is 3.66. The Bertz CT molecular complexity index is 1390. The van der Waals surface area contributed by atoms with Gasteiger partial charge in [-0.2, -0.15) is 0 Å². The van der Waals surface area contributed by atoms with Gasteiger partial charge in [-0.15, -0.1) is 0 Å². The number of aliphatic imine (C=N–C) groups is 2. The van der Waals surface area contributed by atoms with Crippen molar-refractivity contribution in [3.05, 3.63) is 144 Å². The summed E-state index contributed by atoms with van der Waals surface area (Å²) in [5.74, 6) is -1.25. The number of nitrogens with zero attached hydrogens (tertiary/aromatic N) is 2. The molecule has 0 saturated carbocycles. The minimum absolute atomic E-state index is 0.381. The van der Waals surface area contributed by atoms with Crippen LogP contribution in [-0.4, -0.2) is 46.2 Å². The standard InChI is InChI=1S/2C16H13NO3/c2*18-16(19)14-13(11-7-3-1-4-8-11)17-15(20-14)12-9-5-2-6-10-12/h2*1-10,13-14H,(H,18,19)/t13-,14+;13-,14-/m00/s1. The SMILES string of the molecule is O=C(O)[C@@H]1OC(c2ccccc2)=N[C@H]1c1ccccc1.O=C(O)[C@H]1OC(c2ccccc2)=N[C@H]1c1ccccc1. The second-order valence-corrected chi connectivity index (χ2v) is 9.06. The first-order valence-electron chi connectivity index (χ1n) is 12.7. The summed E-state index contributed by atoms with van der Waals surface area (Å²) < 4.78 is 11.1. The lowest BCUT2D eigenvalue weighted by atomic mass is 10.0. The Morgan fingerprint density at radius 2 is 0.800 bits per heavy atom. The van der Waals surface area contributed by atoms with Crippen LogP contribution in [0.25, 0.3) is 0 Å². The van der Waals surface area contributed by atoms with Crippen LogP contribution < -0.4 is 0 Å². The van der Waals surface area contributed by atoms with Gasteiger partial charge in [-0.05, 0) is 35.4 Å². The molecule has 0 amide bonds. The zero-order valence-corrected chi connectivity index (χ0v) is 21.3. The maximum absolute atomic E-state index is 11.4. The zero-order valence-electron chi connectivity index (χ0n) is 21.3. The predicted octanol–water partition coefficient (Wildman–Crippen LogP) is 5.32. The van der Waals surface area contributed by atoms with E-state index in [1.165, 1.54) is 0 Å². The molecule has 2 aliphatic heterocycles. The molecule has 6 rings (SSSR count). The van der Waals surface area contributed by atoms with Gasteiger partial charge in [-0.1, -0.05) is 97.1 Å². The van der Waals surface area contributed by atoms with E-state index in [1.807, 2.05) is 121 Å². The van der Waals surface area contributed by atoms with Crippen molar-refractivity contribution in [3.63, 3.8) is 0 Å². The fourth-order valence-electron chi connectivity index (χ4n) is 4.43. The van der Waals surface area contributed by atoms with Gasteiger partial charge >= 0.3 is 11.9 Å². The van der Waals surface area contributed by atoms with Crippen molar-refractivity contribution < 1.29 is 29.3 Å². The summed E-state index contributed by atoms with van der Waals surface area (Å²) in [6, 6.07) is 36.3. The average molecular weight is 535 g/mol. The quantitative estimate of drug-likeness (QED) is 0.346. The molecular formula is C32H26N2O6. The Morgan fingerprint density at radius 3 is 1.10 bits per heavy atom. The molecule has 2 aliphatic rings. The lowest BCUT2D eigenvalue weighted by molar-refractivity contribution is -0.146. The van der Waals surface area contributed by atoms with Crippen LogP contribution in [0.5, 0.6) is 0 Å². The monoisotopic (exact) mass is 534 g/mol. The Hall–Kier alpha value is -5.24. The number of carboxylic acid groups (broad SMARTS) is 2. The predicted molar refractivity (Wildman–Crippen MR) is 149 cm³/mol. The van der Waals surface area contributed by atoms with Crippen molar-refractivity contribution in [2.75, 3.05) is 0 Å². The molecule has 0 aliphatic carbocycles. The molecule has 8 heteroatoms. The highest BCUT2D eigenvalue weighted by Gasteiger charge is 2.39. The summed E-state index contributed by atoms with van der Waals surface area (Å²) in [6.07, 6.45) is -1.96. The summed E-state index contributed by atoms with van der Waals surface area (Å²) in [5, 5.41) is 18.6. The Morgan fingerprint density at radius 1 is 0.500 bits per heavy atom. The molecule has 0 unspecified atom stereocenters. The highest BCUT2D eigenvalue weighted by Crippen LogP contribution is 2.32. The lowest BCUT2D eigenvalue weighted by Gasteiger charge is -2.13. The van der Waals surface area contributed by atoms with E-state index in [1.54, 1.807) is 0 Å². The molecule has 0 fully saturated rings. The van der Waals surface area contributed by atoms with Crippen molar-refractivity contribution in [1.29, 1.82) is 0 Å². The first-order valence-corrected chi connectivity index (χ1v) is 12.7. The smallest absolute Gasteiger partial charge is 0.347 e. The largest absolute Gasteiger partial charge is 0.478 e. The van der Waals surface area contributed by atoms with Crippen molar-refractivity contribution in [1.82, 2.24) is 0 Å². The number of carboxylic acids is 2. The van der Waals surface area contributed by atoms with E-state index in [4.69, 9.17) is 9.47 Å². The highest BCUT2D eigenvalue weighted by atomic mass is 16.5. The van der Waals surface area contributed by atoms with Crippen LogP contribution in [0.15, 0.2) is 131 Å². The second kappa shape index (κ2) is 12.1. The molecule has 4 aromatic carbocycles. The summed E-state index contributed by atoms with van der Waals surface area (Å²) in [4.78, 5) is 31.6. The van der Waals surface area contributed by atoms with E-state index < -0.39 is 36.2 Å². The highest BCUT2D eigenvalue weighted by molar-refractivity contribution is 5.98. The third-order valence-corrected chi connectivity index (χ3v) is 6.37. The molecule has 4 aromatic rings. The van der Waals surface area contributed by atoms with Crippen molar-refractivity contribution in [3.8, 4) is 0 Å². The molecule has 200 valence electrons. The van der Waals surface area contributed by atoms with Gasteiger partial charge < -0.3 is 19.7 Å². The van der Waals surface area contributed by atoms with E-state index >= 15 is 0 Å². The molecule has 0 bridgehead atoms. The second-order valence-electron chi connectivity index (χ2n) is 9.06. The molecule has 4 atom stereocenters. The van der Waals surface area contributed by atoms with E-state index in [9.17, 15) is 19.8 Å². The molecule has 2 heterocycles. The van der Waals surface area contributed by atoms with Crippen LogP contribution in [0.4, 0.5) is 0 Å². The third-order valence-electron chi connectivity index (χ3n) is 6.37. The molecule has 40 heavy (non-hydrogen) atoms. The van der Waals surface area contributed by atoms with Crippen LogP contribution in [0.3, 0.4) is 0 Å². The molecule has 0 radical (unpaired) electrons. The van der Waals surface area contributed by atoms with E-state index in [-0.39, 0.29) is 0 Å². The van der Waals surface area contributed by atoms with Crippen molar-refractivity contribution in [2.45, 2.75) is 24.3 Å². The van der Waals surface area contributed by atoms with Crippen molar-refractivity contribution in [2.24, 2.45) is 9.98 Å². The normalized spacial score (nSPS) is 21.1. The topological polar surface area (TPSA) is 118 Å². The van der Waals surface area contributed by atoms with E-state index in [0.717, 1.165) is 22.3 Å². The van der Waals surface area contributed by atoms with Crippen LogP contribution in [0.1, 0.15) is 34.3 Å². The van der Waals surface area contributed by atoms with Gasteiger partial charge in [-0.25, -0.2) is 19.6 Å². The molecule has 8 nitrogen and oxygen atoms in total. The van der Waals surface area contributed by atoms with Gasteiger partial charge in [0.05, 0.1) is 0 Å². The number of ether oxygens (including phenoxy) is 2. The van der Waals surface area contributed by atoms with Gasteiger partial charge in [-0.3, -0.25) is 0 Å².